The number of benzene rings is 3. The summed E-state index contributed by atoms with van der Waals surface area (Å²) in [4.78, 5) is 26.8. The molecule has 1 heterocycles. The molecule has 35 heavy (non-hydrogen) atoms. The minimum Gasteiger partial charge on any atom is -0.493 e. The lowest BCUT2D eigenvalue weighted by Gasteiger charge is -2.14. The van der Waals surface area contributed by atoms with Gasteiger partial charge in [0, 0.05) is 5.02 Å². The molecule has 0 bridgehead atoms. The smallest absolute Gasteiger partial charge is 0.339 e. The van der Waals surface area contributed by atoms with Gasteiger partial charge in [0.25, 0.3) is 11.1 Å². The van der Waals surface area contributed by atoms with Crippen LogP contribution in [0.3, 0.4) is 0 Å². The molecular weight excluding hydrogens is 510 g/mol. The van der Waals surface area contributed by atoms with E-state index in [1.807, 2.05) is 31.2 Å². The summed E-state index contributed by atoms with van der Waals surface area (Å²) < 4.78 is 36.0. The molecule has 3 aromatic rings. The van der Waals surface area contributed by atoms with Crippen molar-refractivity contribution in [2.45, 2.75) is 18.4 Å². The molecule has 0 saturated carbocycles. The molecule has 1 fully saturated rings. The van der Waals surface area contributed by atoms with E-state index in [0.29, 0.717) is 10.6 Å². The van der Waals surface area contributed by atoms with Gasteiger partial charge in [-0.15, -0.1) is 0 Å². The lowest BCUT2D eigenvalue weighted by atomic mass is 10.1. The van der Waals surface area contributed by atoms with Crippen molar-refractivity contribution in [1.82, 2.24) is 4.90 Å². The average molecular weight is 530 g/mol. The van der Waals surface area contributed by atoms with Crippen LogP contribution in [-0.4, -0.2) is 31.6 Å². The van der Waals surface area contributed by atoms with Crippen molar-refractivity contribution in [2.24, 2.45) is 0 Å². The van der Waals surface area contributed by atoms with Crippen LogP contribution in [-0.2, 0) is 21.5 Å². The van der Waals surface area contributed by atoms with E-state index in [1.165, 1.54) is 54.5 Å². The van der Waals surface area contributed by atoms with Crippen molar-refractivity contribution in [1.29, 1.82) is 0 Å². The molecule has 1 saturated heterocycles. The summed E-state index contributed by atoms with van der Waals surface area (Å²) in [6.45, 7) is 2.09. The number of nitrogens with zero attached hydrogens (tertiary/aromatic N) is 1. The molecular formula is C25H20ClNO6S2. The maximum absolute atomic E-state index is 12.9. The molecule has 0 N–H and O–H groups in total. The molecule has 0 aromatic heterocycles. The van der Waals surface area contributed by atoms with Gasteiger partial charge in [-0.2, -0.15) is 8.42 Å². The number of carbonyl (C=O) groups excluding carboxylic acids is 2. The number of hydrogen-bond acceptors (Lipinski definition) is 7. The summed E-state index contributed by atoms with van der Waals surface area (Å²) in [6.07, 6.45) is 1.52. The van der Waals surface area contributed by atoms with Crippen LogP contribution in [0, 0.1) is 6.92 Å². The van der Waals surface area contributed by atoms with E-state index in [4.69, 9.17) is 20.5 Å². The Morgan fingerprint density at radius 3 is 2.40 bits per heavy atom. The first-order valence-corrected chi connectivity index (χ1v) is 13.0. The predicted molar refractivity (Wildman–Crippen MR) is 135 cm³/mol. The van der Waals surface area contributed by atoms with E-state index in [9.17, 15) is 18.0 Å². The van der Waals surface area contributed by atoms with Gasteiger partial charge < -0.3 is 8.92 Å². The fourth-order valence-corrected chi connectivity index (χ4v) is 5.26. The van der Waals surface area contributed by atoms with Gasteiger partial charge in [0.1, 0.15) is 4.90 Å². The number of carbonyl (C=O) groups is 2. The number of amides is 2. The van der Waals surface area contributed by atoms with Crippen LogP contribution in [0.25, 0.3) is 6.08 Å². The molecule has 0 spiro atoms. The third kappa shape index (κ3) is 5.53. The van der Waals surface area contributed by atoms with Crippen LogP contribution < -0.4 is 8.92 Å². The average Bonchev–Trinajstić information content (AvgIpc) is 3.08. The molecule has 7 nitrogen and oxygen atoms in total. The number of imide groups is 1. The van der Waals surface area contributed by atoms with E-state index in [1.54, 1.807) is 6.07 Å². The second-order valence-corrected chi connectivity index (χ2v) is 10.6. The maximum atomic E-state index is 12.9. The summed E-state index contributed by atoms with van der Waals surface area (Å²) in [6, 6.07) is 17.7. The first-order chi connectivity index (χ1) is 16.7. The fraction of sp³-hybridized carbons (Fsp3) is 0.120. The van der Waals surface area contributed by atoms with Gasteiger partial charge >= 0.3 is 10.1 Å². The number of methoxy groups -OCH3 is 1. The van der Waals surface area contributed by atoms with Gasteiger partial charge in [-0.05, 0) is 77.9 Å². The van der Waals surface area contributed by atoms with Crippen LogP contribution in [0.15, 0.2) is 76.5 Å². The van der Waals surface area contributed by atoms with Crippen molar-refractivity contribution in [3.63, 3.8) is 0 Å². The van der Waals surface area contributed by atoms with E-state index in [-0.39, 0.29) is 33.1 Å². The molecule has 0 unspecified atom stereocenters. The normalized spacial score (nSPS) is 15.1. The third-order valence-corrected chi connectivity index (χ3v) is 7.66. The highest BCUT2D eigenvalue weighted by atomic mass is 35.5. The fourth-order valence-electron chi connectivity index (χ4n) is 3.36. The van der Waals surface area contributed by atoms with Gasteiger partial charge in [0.05, 0.1) is 18.6 Å². The Labute approximate surface area is 212 Å². The monoisotopic (exact) mass is 529 g/mol. The Balaban J connectivity index is 1.60. The summed E-state index contributed by atoms with van der Waals surface area (Å²) in [7, 11) is -2.78. The van der Waals surface area contributed by atoms with Crippen LogP contribution in [0.5, 0.6) is 11.5 Å². The Bertz CT molecular complexity index is 1430. The molecule has 0 atom stereocenters. The molecule has 1 aliphatic rings. The highest BCUT2D eigenvalue weighted by molar-refractivity contribution is 8.18. The topological polar surface area (TPSA) is 90.0 Å². The SMILES string of the molecule is COc1ccc(/C=C2\SC(=O)N(Cc3ccccc3C)C2=O)cc1OS(=O)(=O)c1ccc(Cl)cc1. The first kappa shape index (κ1) is 24.8. The Hall–Kier alpha value is -3.27. The Kier molecular flexibility index (Phi) is 7.20. The molecule has 10 heteroatoms. The van der Waals surface area contributed by atoms with Crippen LogP contribution >= 0.6 is 23.4 Å². The van der Waals surface area contributed by atoms with Gasteiger partial charge in [-0.25, -0.2) is 0 Å². The van der Waals surface area contributed by atoms with Crippen molar-refractivity contribution >= 4 is 50.7 Å². The van der Waals surface area contributed by atoms with E-state index in [0.717, 1.165) is 22.9 Å². The Morgan fingerprint density at radius 1 is 1.00 bits per heavy atom. The lowest BCUT2D eigenvalue weighted by Crippen LogP contribution is -2.27. The zero-order valence-corrected chi connectivity index (χ0v) is 21.1. The van der Waals surface area contributed by atoms with Gasteiger partial charge in [0.15, 0.2) is 11.5 Å². The zero-order valence-electron chi connectivity index (χ0n) is 18.7. The summed E-state index contributed by atoms with van der Waals surface area (Å²) in [5.74, 6) is -0.294. The lowest BCUT2D eigenvalue weighted by molar-refractivity contribution is -0.123. The van der Waals surface area contributed by atoms with Crippen LogP contribution in [0.2, 0.25) is 5.02 Å². The van der Waals surface area contributed by atoms with Crippen LogP contribution in [0.1, 0.15) is 16.7 Å². The maximum Gasteiger partial charge on any atom is 0.339 e. The number of rotatable bonds is 7. The van der Waals surface area contributed by atoms with Crippen molar-refractivity contribution < 1.29 is 26.9 Å². The van der Waals surface area contributed by atoms with E-state index in [2.05, 4.69) is 0 Å². The molecule has 4 rings (SSSR count). The first-order valence-electron chi connectivity index (χ1n) is 10.4. The highest BCUT2D eigenvalue weighted by Crippen LogP contribution is 2.36. The van der Waals surface area contributed by atoms with E-state index < -0.39 is 16.0 Å². The second kappa shape index (κ2) is 10.2. The quantitative estimate of drug-likeness (QED) is 0.288. The number of halogens is 1. The Morgan fingerprint density at radius 2 is 1.71 bits per heavy atom. The molecule has 2 amide bonds. The minimum absolute atomic E-state index is 0.0599. The van der Waals surface area contributed by atoms with Crippen molar-refractivity contribution in [2.75, 3.05) is 7.11 Å². The molecule has 3 aromatic carbocycles. The highest BCUT2D eigenvalue weighted by Gasteiger charge is 2.35. The third-order valence-electron chi connectivity index (χ3n) is 5.25. The van der Waals surface area contributed by atoms with Crippen LogP contribution in [0.4, 0.5) is 4.79 Å². The second-order valence-electron chi connectivity index (χ2n) is 7.60. The summed E-state index contributed by atoms with van der Waals surface area (Å²) >= 11 is 6.66. The molecule has 1 aliphatic heterocycles. The van der Waals surface area contributed by atoms with Crippen molar-refractivity contribution in [3.8, 4) is 11.5 Å². The molecule has 0 aliphatic carbocycles. The molecule has 0 radical (unpaired) electrons. The number of ether oxygens (including phenoxy) is 1. The summed E-state index contributed by atoms with van der Waals surface area (Å²) in [5, 5.41) is 0.0136. The summed E-state index contributed by atoms with van der Waals surface area (Å²) in [5.41, 5.74) is 2.33. The van der Waals surface area contributed by atoms with E-state index >= 15 is 0 Å². The minimum atomic E-state index is -4.17. The number of thioether (sulfide) groups is 1. The van der Waals surface area contributed by atoms with Gasteiger partial charge in [-0.1, -0.05) is 41.9 Å². The number of hydrogen-bond donors (Lipinski definition) is 0. The predicted octanol–water partition coefficient (Wildman–Crippen LogP) is 5.66. The zero-order chi connectivity index (χ0) is 25.2. The van der Waals surface area contributed by atoms with Gasteiger partial charge in [-0.3, -0.25) is 14.5 Å². The number of aryl methyl sites for hydroxylation is 1. The van der Waals surface area contributed by atoms with Crippen molar-refractivity contribution in [3.05, 3.63) is 93.3 Å². The standard InChI is InChI=1S/C25H20ClNO6S2/c1-16-5-3-4-6-18(16)15-27-24(28)23(34-25(27)29)14-17-7-12-21(32-2)22(13-17)33-35(30,31)20-10-8-19(26)9-11-20/h3-14H,15H2,1-2H3/b23-14-. The largest absolute Gasteiger partial charge is 0.493 e. The molecule has 180 valence electrons. The van der Waals surface area contributed by atoms with Gasteiger partial charge in [0.2, 0.25) is 0 Å².